The molecule has 7 rings (SSSR count). The van der Waals surface area contributed by atoms with E-state index in [2.05, 4.69) is 72.0 Å². The molecule has 0 spiro atoms. The molecule has 5 heterocycles. The van der Waals surface area contributed by atoms with Crippen molar-refractivity contribution in [2.75, 3.05) is 36.4 Å². The number of benzene rings is 2. The van der Waals surface area contributed by atoms with Gasteiger partial charge in [-0.25, -0.2) is 14.4 Å². The summed E-state index contributed by atoms with van der Waals surface area (Å²) in [6.07, 6.45) is 5.55. The number of pyridine rings is 1. The number of nitrogens with zero attached hydrogens (tertiary/aromatic N) is 4. The molecule has 6 N–H and O–H groups in total. The fourth-order valence-electron chi connectivity index (χ4n) is 6.79. The first-order valence-corrected chi connectivity index (χ1v) is 17.5. The van der Waals surface area contributed by atoms with Crippen LogP contribution in [0, 0.1) is 5.82 Å². The van der Waals surface area contributed by atoms with E-state index in [0.717, 1.165) is 53.7 Å². The molecule has 2 aliphatic heterocycles. The number of anilines is 3. The number of carbonyl (C=O) groups excluding carboxylic acids is 2. The van der Waals surface area contributed by atoms with Crippen LogP contribution in [0.4, 0.5) is 22.0 Å². The van der Waals surface area contributed by atoms with Crippen LogP contribution in [0.15, 0.2) is 73.4 Å². The molecule has 268 valence electrons. The lowest BCUT2D eigenvalue weighted by Gasteiger charge is -2.32. The molecule has 2 aromatic carbocycles. The molecule has 0 bridgehead atoms. The van der Waals surface area contributed by atoms with Gasteiger partial charge in [-0.05, 0) is 74.1 Å². The number of piperidine rings is 1. The Balaban J connectivity index is 0.999. The van der Waals surface area contributed by atoms with Crippen LogP contribution in [-0.4, -0.2) is 69.1 Å². The number of carbonyl (C=O) groups is 2. The van der Waals surface area contributed by atoms with E-state index in [-0.39, 0.29) is 17.4 Å². The van der Waals surface area contributed by atoms with E-state index in [0.29, 0.717) is 66.5 Å². The summed E-state index contributed by atoms with van der Waals surface area (Å²) in [5.41, 5.74) is 4.69. The highest BCUT2D eigenvalue weighted by molar-refractivity contribution is 6.10. The van der Waals surface area contributed by atoms with Crippen molar-refractivity contribution in [2.24, 2.45) is 0 Å². The third kappa shape index (κ3) is 7.37. The highest BCUT2D eigenvalue weighted by Crippen LogP contribution is 2.35. The van der Waals surface area contributed by atoms with Crippen LogP contribution in [0.1, 0.15) is 64.2 Å². The van der Waals surface area contributed by atoms with Crippen LogP contribution in [0.3, 0.4) is 0 Å². The number of halogens is 1. The van der Waals surface area contributed by atoms with Crippen molar-refractivity contribution in [1.29, 1.82) is 0 Å². The fraction of sp³-hybridized carbons (Fsp3) is 0.308. The van der Waals surface area contributed by atoms with Gasteiger partial charge < -0.3 is 36.3 Å². The van der Waals surface area contributed by atoms with Gasteiger partial charge >= 0.3 is 0 Å². The minimum absolute atomic E-state index is 0.250. The largest absolute Gasteiger partial charge is 0.384 e. The number of amides is 2. The van der Waals surface area contributed by atoms with Gasteiger partial charge in [0.2, 0.25) is 5.95 Å². The summed E-state index contributed by atoms with van der Waals surface area (Å²) in [5.74, 6) is 0.249. The van der Waals surface area contributed by atoms with Crippen LogP contribution in [0.5, 0.6) is 0 Å². The standard InChI is InChI=1S/C39H42FN9O3/c1-4-15-41-37(51)29-22-44-38(48-35(29)47-32-7-5-6-31(46-32)39(2,3)52)49-17-13-26(14-18-49)43-21-23-8-10-24(11-9-23)34-27-12-16-42-36(50)28-19-25(40)20-30(45-34)33(27)28/h4-11,19-20,22,26,43,45,52H,1,12-18,21H2,2-3H3,(H,41,51)(H,42,50)(H,44,46,47,48). The van der Waals surface area contributed by atoms with Crippen LogP contribution < -0.4 is 26.2 Å². The number of hydrogen-bond acceptors (Lipinski definition) is 9. The zero-order valence-corrected chi connectivity index (χ0v) is 29.2. The minimum atomic E-state index is -1.14. The van der Waals surface area contributed by atoms with E-state index in [1.54, 1.807) is 38.1 Å². The van der Waals surface area contributed by atoms with Crippen molar-refractivity contribution in [3.05, 3.63) is 107 Å². The second-order valence-corrected chi connectivity index (χ2v) is 13.7. The Labute approximate surface area is 301 Å². The van der Waals surface area contributed by atoms with E-state index in [4.69, 9.17) is 4.98 Å². The van der Waals surface area contributed by atoms with Gasteiger partial charge in [0.05, 0.1) is 11.3 Å². The quantitative estimate of drug-likeness (QED) is 0.103. The van der Waals surface area contributed by atoms with Crippen LogP contribution in [-0.2, 0) is 18.6 Å². The molecular formula is C39H42FN9O3. The number of aromatic amines is 1. The summed E-state index contributed by atoms with van der Waals surface area (Å²) in [5, 5.41) is 23.8. The fourth-order valence-corrected chi connectivity index (χ4v) is 6.79. The predicted molar refractivity (Wildman–Crippen MR) is 199 cm³/mol. The number of aliphatic hydroxyl groups is 1. The van der Waals surface area contributed by atoms with Gasteiger partial charge in [-0.3, -0.25) is 9.59 Å². The SMILES string of the molecule is C=CCNC(=O)c1cnc(N2CCC(NCc3ccc(-c4[nH]c5cc(F)cc6c5c4CCNC6=O)cc3)CC2)nc1Nc1cccc(C(C)(C)O)n1. The predicted octanol–water partition coefficient (Wildman–Crippen LogP) is 5.09. The Hall–Kier alpha value is -5.66. The van der Waals surface area contributed by atoms with Gasteiger partial charge in [-0.1, -0.05) is 36.4 Å². The van der Waals surface area contributed by atoms with Crippen molar-refractivity contribution < 1.29 is 19.1 Å². The molecule has 0 saturated carbocycles. The smallest absolute Gasteiger partial charge is 0.256 e. The summed E-state index contributed by atoms with van der Waals surface area (Å²) in [7, 11) is 0. The average molecular weight is 704 g/mol. The van der Waals surface area contributed by atoms with Crippen molar-refractivity contribution >= 4 is 40.3 Å². The normalized spacial score (nSPS) is 14.9. The summed E-state index contributed by atoms with van der Waals surface area (Å²) >= 11 is 0. The number of nitrogens with one attached hydrogen (secondary N) is 5. The topological polar surface area (TPSA) is 160 Å². The first-order chi connectivity index (χ1) is 25.1. The molecule has 0 aliphatic carbocycles. The summed E-state index contributed by atoms with van der Waals surface area (Å²) < 4.78 is 14.3. The molecule has 0 unspecified atom stereocenters. The van der Waals surface area contributed by atoms with Crippen LogP contribution >= 0.6 is 0 Å². The van der Waals surface area contributed by atoms with Gasteiger partial charge in [0.25, 0.3) is 11.8 Å². The van der Waals surface area contributed by atoms with E-state index in [1.165, 1.54) is 18.3 Å². The molecule has 1 fully saturated rings. The minimum Gasteiger partial charge on any atom is -0.384 e. The van der Waals surface area contributed by atoms with E-state index < -0.39 is 11.4 Å². The number of H-pyrrole nitrogens is 1. The number of aromatic nitrogens is 4. The van der Waals surface area contributed by atoms with Crippen LogP contribution in [0.25, 0.3) is 22.2 Å². The molecule has 0 atom stereocenters. The van der Waals surface area contributed by atoms with Gasteiger partial charge in [0.15, 0.2) is 0 Å². The molecule has 13 heteroatoms. The second kappa shape index (κ2) is 14.5. The van der Waals surface area contributed by atoms with Gasteiger partial charge in [0, 0.05) is 61.6 Å². The molecule has 5 aromatic rings. The van der Waals surface area contributed by atoms with Gasteiger partial charge in [0.1, 0.15) is 28.6 Å². The van der Waals surface area contributed by atoms with Crippen molar-refractivity contribution in [1.82, 2.24) is 35.9 Å². The molecule has 2 amide bonds. The maximum Gasteiger partial charge on any atom is 0.256 e. The Morgan fingerprint density at radius 3 is 2.67 bits per heavy atom. The second-order valence-electron chi connectivity index (χ2n) is 13.7. The molecular weight excluding hydrogens is 661 g/mol. The molecule has 52 heavy (non-hydrogen) atoms. The molecule has 3 aromatic heterocycles. The maximum absolute atomic E-state index is 14.3. The Morgan fingerprint density at radius 1 is 1.13 bits per heavy atom. The maximum atomic E-state index is 14.3. The lowest BCUT2D eigenvalue weighted by molar-refractivity contribution is 0.0739. The summed E-state index contributed by atoms with van der Waals surface area (Å²) in [6, 6.07) is 16.7. The van der Waals surface area contributed by atoms with Gasteiger partial charge in [-0.15, -0.1) is 6.58 Å². The molecule has 1 saturated heterocycles. The third-order valence-corrected chi connectivity index (χ3v) is 9.54. The molecule has 0 radical (unpaired) electrons. The third-order valence-electron chi connectivity index (χ3n) is 9.54. The molecule has 2 aliphatic rings. The van der Waals surface area contributed by atoms with E-state index in [9.17, 15) is 19.1 Å². The van der Waals surface area contributed by atoms with Gasteiger partial charge in [-0.2, -0.15) is 4.98 Å². The monoisotopic (exact) mass is 703 g/mol. The zero-order valence-electron chi connectivity index (χ0n) is 29.2. The lowest BCUT2D eigenvalue weighted by atomic mass is 9.99. The van der Waals surface area contributed by atoms with Crippen molar-refractivity contribution in [2.45, 2.75) is 51.3 Å². The van der Waals surface area contributed by atoms with E-state index in [1.807, 2.05) is 0 Å². The van der Waals surface area contributed by atoms with Crippen molar-refractivity contribution in [3.63, 3.8) is 0 Å². The highest BCUT2D eigenvalue weighted by atomic mass is 19.1. The van der Waals surface area contributed by atoms with Crippen molar-refractivity contribution in [3.8, 4) is 11.3 Å². The van der Waals surface area contributed by atoms with Crippen LogP contribution in [0.2, 0.25) is 0 Å². The Bertz CT molecular complexity index is 2130. The summed E-state index contributed by atoms with van der Waals surface area (Å²) in [6.45, 7) is 9.95. The lowest BCUT2D eigenvalue weighted by Crippen LogP contribution is -2.43. The first-order valence-electron chi connectivity index (χ1n) is 17.5. The number of rotatable bonds is 11. The Morgan fingerprint density at radius 2 is 1.92 bits per heavy atom. The first kappa shape index (κ1) is 34.8. The number of hydrogen-bond donors (Lipinski definition) is 6. The highest BCUT2D eigenvalue weighted by Gasteiger charge is 2.25. The average Bonchev–Trinajstić information content (AvgIpc) is 3.41. The van der Waals surface area contributed by atoms with E-state index >= 15 is 0 Å². The summed E-state index contributed by atoms with van der Waals surface area (Å²) in [4.78, 5) is 44.9. The molecule has 12 nitrogen and oxygen atoms in total. The zero-order chi connectivity index (χ0) is 36.4. The Kier molecular flexibility index (Phi) is 9.71.